The summed E-state index contributed by atoms with van der Waals surface area (Å²) in [6.45, 7) is 0.341. The lowest BCUT2D eigenvalue weighted by molar-refractivity contribution is -0.453. The number of rotatable bonds is 2. The average Bonchev–Trinajstić information content (AvgIpc) is 2.28. The van der Waals surface area contributed by atoms with Gasteiger partial charge in [-0.25, -0.2) is 9.79 Å². The zero-order valence-electron chi connectivity index (χ0n) is 8.26. The standard InChI is InChI=1S/C11H8ClN2O2/c12-9-3-1-8(2-4-9)7-14-6-5-13-10(15)11(14)16/h1-6H,7H2/q+1. The Kier molecular flexibility index (Phi) is 2.92. The molecule has 16 heavy (non-hydrogen) atoms. The molecular formula is C11H8ClN2O2+. The molecule has 1 heterocycles. The van der Waals surface area contributed by atoms with E-state index in [1.165, 1.54) is 17.0 Å². The van der Waals surface area contributed by atoms with Gasteiger partial charge < -0.3 is 0 Å². The SMILES string of the molecule is O=C1N=CC=[N+](Cc2ccc(Cl)cc2)C1=O. The van der Waals surface area contributed by atoms with E-state index in [1.807, 2.05) is 0 Å². The van der Waals surface area contributed by atoms with Crippen molar-refractivity contribution in [2.45, 2.75) is 6.54 Å². The Morgan fingerprint density at radius 3 is 2.56 bits per heavy atom. The third kappa shape index (κ3) is 2.23. The van der Waals surface area contributed by atoms with Gasteiger partial charge in [0.2, 0.25) is 0 Å². The van der Waals surface area contributed by atoms with Crippen molar-refractivity contribution in [3.05, 3.63) is 34.9 Å². The zero-order chi connectivity index (χ0) is 11.5. The molecule has 0 atom stereocenters. The van der Waals surface area contributed by atoms with Gasteiger partial charge in [0.25, 0.3) is 0 Å². The summed E-state index contributed by atoms with van der Waals surface area (Å²) in [6, 6.07) is 7.09. The van der Waals surface area contributed by atoms with Crippen molar-refractivity contribution in [2.24, 2.45) is 4.99 Å². The fourth-order valence-electron chi connectivity index (χ4n) is 1.34. The topological polar surface area (TPSA) is 49.5 Å². The minimum Gasteiger partial charge on any atom is -0.255 e. The molecule has 2 amide bonds. The van der Waals surface area contributed by atoms with Gasteiger partial charge in [-0.05, 0) is 12.1 Å². The number of carbonyl (C=O) groups is 2. The van der Waals surface area contributed by atoms with Gasteiger partial charge in [-0.3, -0.25) is 4.79 Å². The monoisotopic (exact) mass is 235 g/mol. The first-order valence-electron chi connectivity index (χ1n) is 4.64. The second-order valence-electron chi connectivity index (χ2n) is 3.29. The first-order chi connectivity index (χ1) is 7.66. The highest BCUT2D eigenvalue weighted by atomic mass is 35.5. The van der Waals surface area contributed by atoms with Gasteiger partial charge in [-0.2, -0.15) is 4.58 Å². The Morgan fingerprint density at radius 1 is 1.19 bits per heavy atom. The van der Waals surface area contributed by atoms with Crippen molar-refractivity contribution >= 4 is 35.8 Å². The fraction of sp³-hybridized carbons (Fsp3) is 0.0909. The van der Waals surface area contributed by atoms with Crippen molar-refractivity contribution in [1.29, 1.82) is 0 Å². The summed E-state index contributed by atoms with van der Waals surface area (Å²) in [4.78, 5) is 25.8. The Labute approximate surface area is 96.9 Å². The van der Waals surface area contributed by atoms with E-state index in [-0.39, 0.29) is 0 Å². The van der Waals surface area contributed by atoms with Gasteiger partial charge in [-0.15, -0.1) is 0 Å². The number of amides is 2. The largest absolute Gasteiger partial charge is 0.479 e. The van der Waals surface area contributed by atoms with Gasteiger partial charge in [-0.1, -0.05) is 23.7 Å². The molecule has 1 aromatic rings. The fourth-order valence-corrected chi connectivity index (χ4v) is 1.46. The van der Waals surface area contributed by atoms with Crippen LogP contribution in [-0.2, 0) is 16.1 Å². The van der Waals surface area contributed by atoms with E-state index in [9.17, 15) is 9.59 Å². The smallest absolute Gasteiger partial charge is 0.255 e. The van der Waals surface area contributed by atoms with Crippen LogP contribution < -0.4 is 0 Å². The van der Waals surface area contributed by atoms with Gasteiger partial charge in [0.1, 0.15) is 0 Å². The normalized spacial score (nSPS) is 15.2. The van der Waals surface area contributed by atoms with Crippen molar-refractivity contribution in [2.75, 3.05) is 0 Å². The lowest BCUT2D eigenvalue weighted by Crippen LogP contribution is -2.31. The highest BCUT2D eigenvalue weighted by Gasteiger charge is 2.28. The minimum absolute atomic E-state index is 0.341. The Balaban J connectivity index is 2.19. The van der Waals surface area contributed by atoms with E-state index in [1.54, 1.807) is 24.3 Å². The maximum Gasteiger partial charge on any atom is 0.479 e. The van der Waals surface area contributed by atoms with E-state index in [2.05, 4.69) is 4.99 Å². The summed E-state index contributed by atoms with van der Waals surface area (Å²) in [6.07, 6.45) is 2.80. The molecule has 0 saturated heterocycles. The Morgan fingerprint density at radius 2 is 1.88 bits per heavy atom. The molecule has 0 fully saturated rings. The molecule has 1 aliphatic heterocycles. The molecule has 0 aromatic heterocycles. The van der Waals surface area contributed by atoms with E-state index in [0.29, 0.717) is 11.6 Å². The summed E-state index contributed by atoms with van der Waals surface area (Å²) in [5.41, 5.74) is 0.900. The first kappa shape index (κ1) is 10.7. The van der Waals surface area contributed by atoms with Gasteiger partial charge in [0.15, 0.2) is 12.8 Å². The summed E-state index contributed by atoms with van der Waals surface area (Å²) < 4.78 is 1.32. The lowest BCUT2D eigenvalue weighted by Gasteiger charge is -2.01. The third-order valence-electron chi connectivity index (χ3n) is 2.15. The molecule has 0 spiro atoms. The minimum atomic E-state index is -0.739. The molecule has 1 aliphatic rings. The molecule has 0 unspecified atom stereocenters. The molecule has 5 heteroatoms. The number of carbonyl (C=O) groups excluding carboxylic acids is 2. The molecule has 2 rings (SSSR count). The van der Waals surface area contributed by atoms with Crippen LogP contribution in [0.3, 0.4) is 0 Å². The van der Waals surface area contributed by atoms with Crippen LogP contribution in [0.1, 0.15) is 5.56 Å². The van der Waals surface area contributed by atoms with Crippen molar-refractivity contribution in [1.82, 2.24) is 0 Å². The van der Waals surface area contributed by atoms with E-state index < -0.39 is 11.8 Å². The lowest BCUT2D eigenvalue weighted by atomic mass is 10.2. The maximum atomic E-state index is 11.4. The van der Waals surface area contributed by atoms with Gasteiger partial charge >= 0.3 is 11.8 Å². The summed E-state index contributed by atoms with van der Waals surface area (Å²) in [5, 5.41) is 0.635. The summed E-state index contributed by atoms with van der Waals surface area (Å²) in [5.74, 6) is -1.35. The number of hydrogen-bond donors (Lipinski definition) is 0. The highest BCUT2D eigenvalue weighted by Crippen LogP contribution is 2.10. The van der Waals surface area contributed by atoms with Crippen LogP contribution in [0.15, 0.2) is 29.3 Å². The highest BCUT2D eigenvalue weighted by molar-refractivity contribution is 6.39. The predicted octanol–water partition coefficient (Wildman–Crippen LogP) is 1.06. The molecule has 1 aromatic carbocycles. The number of nitrogens with zero attached hydrogens (tertiary/aromatic N) is 2. The Hall–Kier alpha value is -1.81. The molecule has 0 bridgehead atoms. The van der Waals surface area contributed by atoms with Crippen LogP contribution in [0, 0.1) is 0 Å². The van der Waals surface area contributed by atoms with Crippen LogP contribution in [0.25, 0.3) is 0 Å². The summed E-state index contributed by atoms with van der Waals surface area (Å²) >= 11 is 5.74. The molecule has 0 radical (unpaired) electrons. The number of benzene rings is 1. The predicted molar refractivity (Wildman–Crippen MR) is 60.0 cm³/mol. The quantitative estimate of drug-likeness (QED) is 0.569. The van der Waals surface area contributed by atoms with Crippen LogP contribution in [0.5, 0.6) is 0 Å². The molecule has 0 saturated carbocycles. The van der Waals surface area contributed by atoms with Crippen LogP contribution in [0.2, 0.25) is 5.02 Å². The molecular weight excluding hydrogens is 228 g/mol. The van der Waals surface area contributed by atoms with E-state index in [0.717, 1.165) is 5.56 Å². The molecule has 0 N–H and O–H groups in total. The van der Waals surface area contributed by atoms with Gasteiger partial charge in [0.05, 0.1) is 6.21 Å². The van der Waals surface area contributed by atoms with Crippen molar-refractivity contribution in [3.8, 4) is 0 Å². The molecule has 80 valence electrons. The van der Waals surface area contributed by atoms with Crippen LogP contribution in [-0.4, -0.2) is 28.8 Å². The van der Waals surface area contributed by atoms with Crippen LogP contribution in [0.4, 0.5) is 0 Å². The van der Waals surface area contributed by atoms with E-state index >= 15 is 0 Å². The molecule has 0 aliphatic carbocycles. The second kappa shape index (κ2) is 4.37. The van der Waals surface area contributed by atoms with Crippen molar-refractivity contribution < 1.29 is 14.2 Å². The number of halogens is 1. The van der Waals surface area contributed by atoms with E-state index in [4.69, 9.17) is 11.6 Å². The Bertz CT molecular complexity index is 503. The number of aliphatic imine (C=N–C) groups is 1. The third-order valence-corrected chi connectivity index (χ3v) is 2.40. The van der Waals surface area contributed by atoms with Crippen molar-refractivity contribution in [3.63, 3.8) is 0 Å². The van der Waals surface area contributed by atoms with Gasteiger partial charge in [0, 0.05) is 10.6 Å². The second-order valence-corrected chi connectivity index (χ2v) is 3.73. The molecule has 4 nitrogen and oxygen atoms in total. The average molecular weight is 236 g/mol. The van der Waals surface area contributed by atoms with Crippen LogP contribution >= 0.6 is 11.6 Å². The first-order valence-corrected chi connectivity index (χ1v) is 5.01. The number of hydrogen-bond acceptors (Lipinski definition) is 2. The summed E-state index contributed by atoms with van der Waals surface area (Å²) in [7, 11) is 0. The maximum absolute atomic E-state index is 11.4. The zero-order valence-corrected chi connectivity index (χ0v) is 9.02.